The van der Waals surface area contributed by atoms with Crippen molar-refractivity contribution in [1.82, 2.24) is 20.1 Å². The average Bonchev–Trinajstić information content (AvgIpc) is 3.33. The van der Waals surface area contributed by atoms with E-state index in [-0.39, 0.29) is 11.9 Å². The molecule has 0 aliphatic carbocycles. The summed E-state index contributed by atoms with van der Waals surface area (Å²) < 4.78 is 27.8. The zero-order valence-corrected chi connectivity index (χ0v) is 14.2. The third-order valence-electron chi connectivity index (χ3n) is 4.81. The lowest BCUT2D eigenvalue weighted by Gasteiger charge is -2.24. The van der Waals surface area contributed by atoms with Crippen LogP contribution in [0.2, 0.25) is 0 Å². The second-order valence-corrected chi connectivity index (χ2v) is 6.65. The predicted octanol–water partition coefficient (Wildman–Crippen LogP) is 2.77. The van der Waals surface area contributed by atoms with Gasteiger partial charge in [-0.05, 0) is 38.3 Å². The number of pyridine rings is 1. The molecule has 2 fully saturated rings. The predicted molar refractivity (Wildman–Crippen MR) is 90.7 cm³/mol. The van der Waals surface area contributed by atoms with Gasteiger partial charge in [-0.25, -0.2) is 14.1 Å². The van der Waals surface area contributed by atoms with Crippen LogP contribution >= 0.6 is 0 Å². The third-order valence-corrected chi connectivity index (χ3v) is 4.81. The van der Waals surface area contributed by atoms with Crippen molar-refractivity contribution in [3.63, 3.8) is 0 Å². The Balaban J connectivity index is 1.50. The van der Waals surface area contributed by atoms with Crippen LogP contribution in [0.25, 0.3) is 11.4 Å². The molecule has 134 valence electrons. The maximum atomic E-state index is 14.6. The Morgan fingerprint density at radius 2 is 2.32 bits per heavy atom. The Morgan fingerprint density at radius 3 is 3.08 bits per heavy atom. The highest BCUT2D eigenvalue weighted by atomic mass is 19.1. The van der Waals surface area contributed by atoms with Gasteiger partial charge in [0, 0.05) is 31.3 Å². The van der Waals surface area contributed by atoms with Crippen molar-refractivity contribution in [2.24, 2.45) is 5.92 Å². The number of ether oxygens (including phenoxy) is 2. The topological polar surface area (TPSA) is 61.2 Å². The van der Waals surface area contributed by atoms with E-state index in [1.54, 1.807) is 23.1 Å². The molecule has 1 unspecified atom stereocenters. The SMILES string of the molecule is Fc1cc(OC[C@@H]2CCNC2)cnc1-c1ccnn1C1CCCCO1. The Bertz CT molecular complexity index is 709. The van der Waals surface area contributed by atoms with Gasteiger partial charge in [0.2, 0.25) is 0 Å². The van der Waals surface area contributed by atoms with Crippen LogP contribution in [0.5, 0.6) is 5.75 Å². The minimum absolute atomic E-state index is 0.147. The van der Waals surface area contributed by atoms with Gasteiger partial charge in [0.1, 0.15) is 11.4 Å². The summed E-state index contributed by atoms with van der Waals surface area (Å²) in [6.07, 6.45) is 7.21. The highest BCUT2D eigenvalue weighted by molar-refractivity contribution is 5.55. The van der Waals surface area contributed by atoms with Gasteiger partial charge in [0.15, 0.2) is 12.0 Å². The van der Waals surface area contributed by atoms with Crippen molar-refractivity contribution >= 4 is 0 Å². The quantitative estimate of drug-likeness (QED) is 0.902. The molecule has 0 saturated carbocycles. The van der Waals surface area contributed by atoms with E-state index in [0.717, 1.165) is 38.8 Å². The first-order valence-electron chi connectivity index (χ1n) is 8.96. The van der Waals surface area contributed by atoms with Crippen molar-refractivity contribution < 1.29 is 13.9 Å². The molecule has 2 aromatic rings. The van der Waals surface area contributed by atoms with E-state index in [2.05, 4.69) is 15.4 Å². The van der Waals surface area contributed by atoms with Crippen molar-refractivity contribution in [2.45, 2.75) is 31.9 Å². The summed E-state index contributed by atoms with van der Waals surface area (Å²) in [4.78, 5) is 4.29. The molecule has 0 radical (unpaired) electrons. The normalized spacial score (nSPS) is 23.7. The first-order valence-corrected chi connectivity index (χ1v) is 8.96. The maximum Gasteiger partial charge on any atom is 0.154 e. The number of halogens is 1. The lowest BCUT2D eigenvalue weighted by atomic mass is 10.1. The Morgan fingerprint density at radius 1 is 1.36 bits per heavy atom. The van der Waals surface area contributed by atoms with Gasteiger partial charge >= 0.3 is 0 Å². The van der Waals surface area contributed by atoms with Crippen LogP contribution in [0.1, 0.15) is 31.9 Å². The van der Waals surface area contributed by atoms with Crippen molar-refractivity contribution in [3.8, 4) is 17.1 Å². The minimum Gasteiger partial charge on any atom is -0.492 e. The number of rotatable bonds is 5. The molecule has 2 aliphatic rings. The van der Waals surface area contributed by atoms with Gasteiger partial charge in [0.25, 0.3) is 0 Å². The highest BCUT2D eigenvalue weighted by Crippen LogP contribution is 2.29. The van der Waals surface area contributed by atoms with E-state index in [1.807, 2.05) is 0 Å². The molecule has 2 aliphatic heterocycles. The number of nitrogens with one attached hydrogen (secondary N) is 1. The molecular weight excluding hydrogens is 323 g/mol. The summed E-state index contributed by atoms with van der Waals surface area (Å²) in [5, 5.41) is 7.61. The van der Waals surface area contributed by atoms with E-state index in [1.165, 1.54) is 6.07 Å². The van der Waals surface area contributed by atoms with E-state index < -0.39 is 5.82 Å². The molecule has 2 saturated heterocycles. The Hall–Kier alpha value is -1.99. The van der Waals surface area contributed by atoms with Crippen LogP contribution < -0.4 is 10.1 Å². The molecule has 1 N–H and O–H groups in total. The van der Waals surface area contributed by atoms with Crippen LogP contribution in [0.15, 0.2) is 24.5 Å². The largest absolute Gasteiger partial charge is 0.492 e. The number of nitrogens with zero attached hydrogens (tertiary/aromatic N) is 3. The van der Waals surface area contributed by atoms with Crippen molar-refractivity contribution in [3.05, 3.63) is 30.3 Å². The van der Waals surface area contributed by atoms with Gasteiger partial charge in [-0.15, -0.1) is 0 Å². The van der Waals surface area contributed by atoms with Gasteiger partial charge < -0.3 is 14.8 Å². The highest BCUT2D eigenvalue weighted by Gasteiger charge is 2.22. The summed E-state index contributed by atoms with van der Waals surface area (Å²) in [6, 6.07) is 3.18. The fourth-order valence-electron chi connectivity index (χ4n) is 3.41. The number of hydrogen-bond acceptors (Lipinski definition) is 5. The zero-order chi connectivity index (χ0) is 17.1. The van der Waals surface area contributed by atoms with E-state index in [0.29, 0.717) is 30.6 Å². The molecule has 7 heteroatoms. The van der Waals surface area contributed by atoms with Gasteiger partial charge in [-0.3, -0.25) is 0 Å². The molecule has 4 heterocycles. The van der Waals surface area contributed by atoms with Gasteiger partial charge in [-0.1, -0.05) is 0 Å². The molecule has 0 amide bonds. The second-order valence-electron chi connectivity index (χ2n) is 6.65. The summed E-state index contributed by atoms with van der Waals surface area (Å²) in [7, 11) is 0. The summed E-state index contributed by atoms with van der Waals surface area (Å²) in [5.74, 6) is 0.542. The number of aromatic nitrogens is 3. The monoisotopic (exact) mass is 346 g/mol. The zero-order valence-electron chi connectivity index (χ0n) is 14.2. The smallest absolute Gasteiger partial charge is 0.154 e. The molecular formula is C18H23FN4O2. The molecule has 0 bridgehead atoms. The van der Waals surface area contributed by atoms with Crippen LogP contribution in [-0.4, -0.2) is 41.1 Å². The first-order chi connectivity index (χ1) is 12.3. The van der Waals surface area contributed by atoms with Crippen LogP contribution in [0, 0.1) is 11.7 Å². The Kier molecular flexibility index (Phi) is 4.94. The summed E-state index contributed by atoms with van der Waals surface area (Å²) in [6.45, 7) is 3.27. The third kappa shape index (κ3) is 3.67. The van der Waals surface area contributed by atoms with Crippen molar-refractivity contribution in [1.29, 1.82) is 0 Å². The fourth-order valence-corrected chi connectivity index (χ4v) is 3.41. The van der Waals surface area contributed by atoms with E-state index >= 15 is 0 Å². The second kappa shape index (κ2) is 7.49. The number of hydrogen-bond donors (Lipinski definition) is 1. The van der Waals surface area contributed by atoms with E-state index in [4.69, 9.17) is 9.47 Å². The maximum absolute atomic E-state index is 14.6. The Labute approximate surface area is 146 Å². The lowest BCUT2D eigenvalue weighted by molar-refractivity contribution is -0.0384. The molecule has 0 aromatic carbocycles. The van der Waals surface area contributed by atoms with E-state index in [9.17, 15) is 4.39 Å². The molecule has 2 aromatic heterocycles. The molecule has 4 rings (SSSR count). The summed E-state index contributed by atoms with van der Waals surface area (Å²) in [5.41, 5.74) is 0.914. The summed E-state index contributed by atoms with van der Waals surface area (Å²) >= 11 is 0. The van der Waals surface area contributed by atoms with Gasteiger partial charge in [-0.2, -0.15) is 5.10 Å². The van der Waals surface area contributed by atoms with Crippen molar-refractivity contribution in [2.75, 3.05) is 26.3 Å². The van der Waals surface area contributed by atoms with Crippen LogP contribution in [-0.2, 0) is 4.74 Å². The average molecular weight is 346 g/mol. The van der Waals surface area contributed by atoms with Gasteiger partial charge in [0.05, 0.1) is 18.5 Å². The van der Waals surface area contributed by atoms with Crippen LogP contribution in [0.4, 0.5) is 4.39 Å². The first kappa shape index (κ1) is 16.5. The molecule has 6 nitrogen and oxygen atoms in total. The molecule has 2 atom stereocenters. The molecule has 0 spiro atoms. The lowest BCUT2D eigenvalue weighted by Crippen LogP contribution is -2.20. The van der Waals surface area contributed by atoms with Crippen LogP contribution in [0.3, 0.4) is 0 Å². The standard InChI is InChI=1S/C18H23FN4O2/c19-15-9-14(25-12-13-4-6-20-10-13)11-21-18(15)16-5-7-22-23(16)17-3-1-2-8-24-17/h5,7,9,11,13,17,20H,1-4,6,8,10,12H2/t13-,17?/m1/s1. The fraction of sp³-hybridized carbons (Fsp3) is 0.556. The minimum atomic E-state index is -0.403. The molecule has 25 heavy (non-hydrogen) atoms.